The third kappa shape index (κ3) is 5.85. The Labute approximate surface area is 125 Å². The van der Waals surface area contributed by atoms with E-state index in [1.54, 1.807) is 21.0 Å². The van der Waals surface area contributed by atoms with Crippen LogP contribution in [0.3, 0.4) is 0 Å². The molecular weight excluding hydrogens is 270 g/mol. The maximum absolute atomic E-state index is 12.0. The number of benzene rings is 1. The van der Waals surface area contributed by atoms with E-state index in [1.165, 1.54) is 0 Å². The predicted octanol–water partition coefficient (Wildman–Crippen LogP) is 2.76. The summed E-state index contributed by atoms with van der Waals surface area (Å²) in [5, 5.41) is 11.7. The highest BCUT2D eigenvalue weighted by molar-refractivity contribution is 5.78. The topological polar surface area (TPSA) is 75.6 Å². The van der Waals surface area contributed by atoms with Gasteiger partial charge in [-0.15, -0.1) is 0 Å². The highest BCUT2D eigenvalue weighted by Crippen LogP contribution is 2.25. The van der Waals surface area contributed by atoms with Gasteiger partial charge in [0, 0.05) is 6.42 Å². The molecule has 0 heterocycles. The summed E-state index contributed by atoms with van der Waals surface area (Å²) in [6, 6.07) is 7.33. The van der Waals surface area contributed by atoms with Crippen molar-refractivity contribution in [3.05, 3.63) is 29.8 Å². The first-order valence-corrected chi connectivity index (χ1v) is 6.88. The molecule has 0 aliphatic carbocycles. The van der Waals surface area contributed by atoms with Gasteiger partial charge in [-0.25, -0.2) is 0 Å². The number of carboxylic acid groups (broad SMARTS) is 1. The van der Waals surface area contributed by atoms with Crippen molar-refractivity contribution >= 4 is 11.9 Å². The number of ether oxygens (including phenoxy) is 1. The van der Waals surface area contributed by atoms with Crippen LogP contribution in [-0.4, -0.2) is 24.1 Å². The maximum Gasteiger partial charge on any atom is 0.303 e. The summed E-state index contributed by atoms with van der Waals surface area (Å²) in [6.45, 7) is 5.45. The van der Waals surface area contributed by atoms with Gasteiger partial charge in [0.1, 0.15) is 5.75 Å². The van der Waals surface area contributed by atoms with E-state index in [0.29, 0.717) is 0 Å². The smallest absolute Gasteiger partial charge is 0.303 e. The molecule has 1 aromatic rings. The SMILES string of the molecule is COc1ccc([C@@H](C)NC(=O)CC(C)(C)CC(=O)O)cc1. The third-order valence-corrected chi connectivity index (χ3v) is 3.26. The van der Waals surface area contributed by atoms with Crippen LogP contribution >= 0.6 is 0 Å². The molecule has 1 amide bonds. The van der Waals surface area contributed by atoms with Crippen LogP contribution in [0.1, 0.15) is 45.2 Å². The number of methoxy groups -OCH3 is 1. The van der Waals surface area contributed by atoms with Gasteiger partial charge >= 0.3 is 5.97 Å². The fourth-order valence-corrected chi connectivity index (χ4v) is 2.17. The predicted molar refractivity (Wildman–Crippen MR) is 80.2 cm³/mol. The number of nitrogens with one attached hydrogen (secondary N) is 1. The number of carbonyl (C=O) groups excluding carboxylic acids is 1. The second kappa shape index (κ2) is 7.11. The second-order valence-electron chi connectivity index (χ2n) is 5.97. The van der Waals surface area contributed by atoms with Crippen molar-refractivity contribution in [1.82, 2.24) is 5.32 Å². The number of carboxylic acids is 1. The lowest BCUT2D eigenvalue weighted by Crippen LogP contribution is -2.31. The summed E-state index contributed by atoms with van der Waals surface area (Å²) in [5.41, 5.74) is 0.412. The number of aliphatic carboxylic acids is 1. The summed E-state index contributed by atoms with van der Waals surface area (Å²) in [5.74, 6) is -0.277. The quantitative estimate of drug-likeness (QED) is 0.810. The van der Waals surface area contributed by atoms with Gasteiger partial charge in [0.25, 0.3) is 0 Å². The molecule has 5 nitrogen and oxygen atoms in total. The molecule has 116 valence electrons. The van der Waals surface area contributed by atoms with E-state index in [0.717, 1.165) is 11.3 Å². The van der Waals surface area contributed by atoms with E-state index in [-0.39, 0.29) is 24.8 Å². The monoisotopic (exact) mass is 293 g/mol. The number of rotatable bonds is 7. The molecule has 1 aromatic carbocycles. The van der Waals surface area contributed by atoms with Crippen LogP contribution in [0.15, 0.2) is 24.3 Å². The first-order valence-electron chi connectivity index (χ1n) is 6.88. The van der Waals surface area contributed by atoms with Crippen molar-refractivity contribution in [3.63, 3.8) is 0 Å². The molecule has 0 aliphatic heterocycles. The average Bonchev–Trinajstić information content (AvgIpc) is 2.36. The first kappa shape index (κ1) is 17.0. The minimum atomic E-state index is -0.893. The van der Waals surface area contributed by atoms with Crippen LogP contribution in [0, 0.1) is 5.41 Å². The number of amides is 1. The van der Waals surface area contributed by atoms with E-state index in [9.17, 15) is 9.59 Å². The maximum atomic E-state index is 12.0. The lowest BCUT2D eigenvalue weighted by Gasteiger charge is -2.23. The van der Waals surface area contributed by atoms with Crippen LogP contribution in [-0.2, 0) is 9.59 Å². The zero-order chi connectivity index (χ0) is 16.0. The van der Waals surface area contributed by atoms with E-state index in [1.807, 2.05) is 31.2 Å². The first-order chi connectivity index (χ1) is 9.73. The zero-order valence-corrected chi connectivity index (χ0v) is 13.0. The molecule has 0 radical (unpaired) electrons. The van der Waals surface area contributed by atoms with E-state index in [2.05, 4.69) is 5.32 Å². The van der Waals surface area contributed by atoms with Crippen LogP contribution in [0.5, 0.6) is 5.75 Å². The molecular formula is C16H23NO4. The van der Waals surface area contributed by atoms with Crippen molar-refractivity contribution in [1.29, 1.82) is 0 Å². The molecule has 5 heteroatoms. The third-order valence-electron chi connectivity index (χ3n) is 3.26. The Hall–Kier alpha value is -2.04. The Morgan fingerprint density at radius 2 is 1.81 bits per heavy atom. The van der Waals surface area contributed by atoms with Crippen LogP contribution < -0.4 is 10.1 Å². The number of hydrogen-bond donors (Lipinski definition) is 2. The van der Waals surface area contributed by atoms with Gasteiger partial charge in [-0.1, -0.05) is 26.0 Å². The van der Waals surface area contributed by atoms with Gasteiger partial charge in [-0.05, 0) is 30.0 Å². The Kier molecular flexibility index (Phi) is 5.76. The van der Waals surface area contributed by atoms with E-state index < -0.39 is 11.4 Å². The average molecular weight is 293 g/mol. The molecule has 0 unspecified atom stereocenters. The Morgan fingerprint density at radius 3 is 2.29 bits per heavy atom. The molecule has 0 saturated heterocycles. The standard InChI is InChI=1S/C16H23NO4/c1-11(12-5-7-13(21-4)8-6-12)17-14(18)9-16(2,3)10-15(19)20/h5-8,11H,9-10H2,1-4H3,(H,17,18)(H,19,20)/t11-/m1/s1. The molecule has 1 atom stereocenters. The Bertz CT molecular complexity index is 494. The largest absolute Gasteiger partial charge is 0.497 e. The van der Waals surface area contributed by atoms with Gasteiger partial charge in [-0.3, -0.25) is 9.59 Å². The van der Waals surface area contributed by atoms with Crippen LogP contribution in [0.25, 0.3) is 0 Å². The number of hydrogen-bond acceptors (Lipinski definition) is 3. The summed E-state index contributed by atoms with van der Waals surface area (Å²) >= 11 is 0. The minimum Gasteiger partial charge on any atom is -0.497 e. The minimum absolute atomic E-state index is 0.0304. The molecule has 0 saturated carbocycles. The normalized spacial score (nSPS) is 12.6. The summed E-state index contributed by atoms with van der Waals surface area (Å²) in [6.07, 6.45) is 0.150. The molecule has 0 bridgehead atoms. The van der Waals surface area contributed by atoms with Crippen molar-refractivity contribution in [2.75, 3.05) is 7.11 Å². The van der Waals surface area contributed by atoms with Gasteiger partial charge in [0.05, 0.1) is 19.6 Å². The summed E-state index contributed by atoms with van der Waals surface area (Å²) < 4.78 is 5.09. The molecule has 1 rings (SSSR count). The van der Waals surface area contributed by atoms with Gasteiger partial charge < -0.3 is 15.2 Å². The fourth-order valence-electron chi connectivity index (χ4n) is 2.17. The van der Waals surface area contributed by atoms with Gasteiger partial charge in [0.2, 0.25) is 5.91 Å². The summed E-state index contributed by atoms with van der Waals surface area (Å²) in [7, 11) is 1.60. The van der Waals surface area contributed by atoms with Crippen LogP contribution in [0.4, 0.5) is 0 Å². The van der Waals surface area contributed by atoms with Crippen molar-refractivity contribution in [2.24, 2.45) is 5.41 Å². The van der Waals surface area contributed by atoms with E-state index >= 15 is 0 Å². The molecule has 0 spiro atoms. The van der Waals surface area contributed by atoms with Crippen molar-refractivity contribution in [3.8, 4) is 5.75 Å². The highest BCUT2D eigenvalue weighted by Gasteiger charge is 2.25. The Morgan fingerprint density at radius 1 is 1.24 bits per heavy atom. The van der Waals surface area contributed by atoms with Crippen LogP contribution in [0.2, 0.25) is 0 Å². The fraction of sp³-hybridized carbons (Fsp3) is 0.500. The molecule has 0 aromatic heterocycles. The Balaban J connectivity index is 2.58. The number of carbonyl (C=O) groups is 2. The zero-order valence-electron chi connectivity index (χ0n) is 13.0. The molecule has 2 N–H and O–H groups in total. The van der Waals surface area contributed by atoms with Crippen molar-refractivity contribution in [2.45, 2.75) is 39.7 Å². The molecule has 21 heavy (non-hydrogen) atoms. The second-order valence-corrected chi connectivity index (χ2v) is 5.97. The van der Waals surface area contributed by atoms with E-state index in [4.69, 9.17) is 9.84 Å². The highest BCUT2D eigenvalue weighted by atomic mass is 16.5. The van der Waals surface area contributed by atoms with Crippen molar-refractivity contribution < 1.29 is 19.4 Å². The molecule has 0 fully saturated rings. The lowest BCUT2D eigenvalue weighted by molar-refractivity contribution is -0.139. The lowest BCUT2D eigenvalue weighted by atomic mass is 9.85. The molecule has 0 aliphatic rings. The van der Waals surface area contributed by atoms with Gasteiger partial charge in [-0.2, -0.15) is 0 Å². The summed E-state index contributed by atoms with van der Waals surface area (Å²) in [4.78, 5) is 22.8. The van der Waals surface area contributed by atoms with Gasteiger partial charge in [0.15, 0.2) is 0 Å².